The minimum Gasteiger partial charge on any atom is -0.255 e. The van der Waals surface area contributed by atoms with E-state index >= 15 is 0 Å². The van der Waals surface area contributed by atoms with Crippen LogP contribution in [0.5, 0.6) is 0 Å². The Bertz CT molecular complexity index is 553. The van der Waals surface area contributed by atoms with Gasteiger partial charge in [-0.05, 0) is 24.3 Å². The third-order valence-electron chi connectivity index (χ3n) is 2.16. The fourth-order valence-electron chi connectivity index (χ4n) is 1.34. The van der Waals surface area contributed by atoms with Crippen LogP contribution in [0.15, 0.2) is 36.5 Å². The summed E-state index contributed by atoms with van der Waals surface area (Å²) < 4.78 is 26.4. The van der Waals surface area contributed by atoms with Crippen molar-refractivity contribution in [3.05, 3.63) is 53.7 Å². The lowest BCUT2D eigenvalue weighted by Gasteiger charge is -2.02. The number of rotatable bonds is 1. The van der Waals surface area contributed by atoms with Crippen molar-refractivity contribution in [2.45, 2.75) is 0 Å². The fourth-order valence-corrected chi connectivity index (χ4v) is 1.34. The van der Waals surface area contributed by atoms with Crippen molar-refractivity contribution in [2.24, 2.45) is 0 Å². The monoisotopic (exact) mass is 215 g/mol. The van der Waals surface area contributed by atoms with Gasteiger partial charge in [-0.2, -0.15) is 0 Å². The summed E-state index contributed by atoms with van der Waals surface area (Å²) in [6.45, 7) is 0. The average molecular weight is 215 g/mol. The summed E-state index contributed by atoms with van der Waals surface area (Å²) in [6.07, 6.45) is 6.61. The van der Waals surface area contributed by atoms with E-state index in [4.69, 9.17) is 6.42 Å². The van der Waals surface area contributed by atoms with E-state index in [-0.39, 0.29) is 5.56 Å². The van der Waals surface area contributed by atoms with Crippen LogP contribution >= 0.6 is 0 Å². The molecule has 2 aromatic rings. The molecular weight excluding hydrogens is 208 g/mol. The third-order valence-corrected chi connectivity index (χ3v) is 2.16. The second kappa shape index (κ2) is 4.11. The summed E-state index contributed by atoms with van der Waals surface area (Å²) in [4.78, 5) is 3.97. The van der Waals surface area contributed by atoms with Crippen molar-refractivity contribution >= 4 is 0 Å². The molecule has 1 nitrogen and oxygen atoms in total. The Morgan fingerprint density at radius 2 is 1.94 bits per heavy atom. The molecule has 0 atom stereocenters. The van der Waals surface area contributed by atoms with Gasteiger partial charge < -0.3 is 0 Å². The maximum Gasteiger partial charge on any atom is 0.168 e. The summed E-state index contributed by atoms with van der Waals surface area (Å²) in [6, 6.07) is 7.16. The Labute approximate surface area is 91.8 Å². The van der Waals surface area contributed by atoms with Gasteiger partial charge in [-0.1, -0.05) is 12.0 Å². The molecule has 1 aromatic carbocycles. The van der Waals surface area contributed by atoms with E-state index in [1.165, 1.54) is 18.3 Å². The normalized spacial score (nSPS) is 9.81. The summed E-state index contributed by atoms with van der Waals surface area (Å²) in [7, 11) is 0. The largest absolute Gasteiger partial charge is 0.255 e. The van der Waals surface area contributed by atoms with Gasteiger partial charge in [0.2, 0.25) is 0 Å². The van der Waals surface area contributed by atoms with E-state index in [1.807, 2.05) is 0 Å². The maximum absolute atomic E-state index is 13.4. The zero-order chi connectivity index (χ0) is 11.5. The Hall–Kier alpha value is -2.21. The molecular formula is C13H7F2N. The van der Waals surface area contributed by atoms with Gasteiger partial charge in [-0.15, -0.1) is 6.42 Å². The van der Waals surface area contributed by atoms with Gasteiger partial charge in [0.1, 0.15) is 0 Å². The molecule has 0 saturated carbocycles. The molecule has 0 radical (unpaired) electrons. The predicted octanol–water partition coefficient (Wildman–Crippen LogP) is 3.01. The maximum atomic E-state index is 13.4. The van der Waals surface area contributed by atoms with Crippen molar-refractivity contribution in [1.29, 1.82) is 0 Å². The number of hydrogen-bond acceptors (Lipinski definition) is 1. The molecule has 0 aliphatic rings. The van der Waals surface area contributed by atoms with E-state index in [0.717, 1.165) is 6.07 Å². The summed E-state index contributed by atoms with van der Waals surface area (Å²) in [5.74, 6) is 0.613. The lowest BCUT2D eigenvalue weighted by atomic mass is 10.1. The Balaban J connectivity index is 2.51. The average Bonchev–Trinajstić information content (AvgIpc) is 2.33. The number of halogens is 2. The quantitative estimate of drug-likeness (QED) is 0.666. The van der Waals surface area contributed by atoms with Gasteiger partial charge in [-0.3, -0.25) is 4.98 Å². The molecule has 3 heteroatoms. The number of aromatic nitrogens is 1. The van der Waals surface area contributed by atoms with E-state index in [1.54, 1.807) is 12.1 Å². The number of terminal acetylenes is 1. The van der Waals surface area contributed by atoms with Crippen LogP contribution in [-0.4, -0.2) is 4.98 Å². The molecule has 0 aliphatic heterocycles. The molecule has 0 spiro atoms. The van der Waals surface area contributed by atoms with Crippen LogP contribution in [0.3, 0.4) is 0 Å². The summed E-state index contributed by atoms with van der Waals surface area (Å²) in [5.41, 5.74) is 1.08. The van der Waals surface area contributed by atoms with Gasteiger partial charge in [-0.25, -0.2) is 8.78 Å². The van der Waals surface area contributed by atoms with Crippen LogP contribution in [0, 0.1) is 24.0 Å². The van der Waals surface area contributed by atoms with Crippen LogP contribution < -0.4 is 0 Å². The number of benzene rings is 1. The van der Waals surface area contributed by atoms with Gasteiger partial charge in [0.05, 0.1) is 5.69 Å². The van der Waals surface area contributed by atoms with Crippen molar-refractivity contribution in [2.75, 3.05) is 0 Å². The van der Waals surface area contributed by atoms with Gasteiger partial charge in [0.25, 0.3) is 0 Å². The van der Waals surface area contributed by atoms with Gasteiger partial charge in [0.15, 0.2) is 11.6 Å². The second-order valence-corrected chi connectivity index (χ2v) is 3.18. The van der Waals surface area contributed by atoms with Crippen LogP contribution in [-0.2, 0) is 0 Å². The number of pyridine rings is 1. The highest BCUT2D eigenvalue weighted by atomic mass is 19.2. The molecule has 1 heterocycles. The minimum atomic E-state index is -0.900. The van der Waals surface area contributed by atoms with Crippen LogP contribution in [0.2, 0.25) is 0 Å². The smallest absolute Gasteiger partial charge is 0.168 e. The molecule has 0 aliphatic carbocycles. The zero-order valence-electron chi connectivity index (χ0n) is 8.24. The van der Waals surface area contributed by atoms with Gasteiger partial charge >= 0.3 is 0 Å². The molecule has 0 fully saturated rings. The molecule has 1 aromatic heterocycles. The highest BCUT2D eigenvalue weighted by molar-refractivity contribution is 5.60. The molecule has 16 heavy (non-hydrogen) atoms. The molecule has 0 saturated heterocycles. The Morgan fingerprint density at radius 3 is 2.56 bits per heavy atom. The van der Waals surface area contributed by atoms with Crippen molar-refractivity contribution < 1.29 is 8.78 Å². The lowest BCUT2D eigenvalue weighted by Crippen LogP contribution is -1.91. The predicted molar refractivity (Wildman–Crippen MR) is 57.5 cm³/mol. The highest BCUT2D eigenvalue weighted by Gasteiger charge is 2.10. The first-order chi connectivity index (χ1) is 7.72. The van der Waals surface area contributed by atoms with Gasteiger partial charge in [0, 0.05) is 17.3 Å². The molecule has 0 bridgehead atoms. The van der Waals surface area contributed by atoms with Crippen molar-refractivity contribution in [1.82, 2.24) is 4.98 Å². The molecule has 0 amide bonds. The first kappa shape index (κ1) is 10.3. The van der Waals surface area contributed by atoms with Crippen molar-refractivity contribution in [3.63, 3.8) is 0 Å². The second-order valence-electron chi connectivity index (χ2n) is 3.18. The summed E-state index contributed by atoms with van der Waals surface area (Å²) in [5, 5.41) is 0. The zero-order valence-corrected chi connectivity index (χ0v) is 8.24. The van der Waals surface area contributed by atoms with E-state index in [9.17, 15) is 8.78 Å². The van der Waals surface area contributed by atoms with Crippen LogP contribution in [0.25, 0.3) is 11.3 Å². The lowest BCUT2D eigenvalue weighted by molar-refractivity contribution is 0.511. The molecule has 2 rings (SSSR count). The summed E-state index contributed by atoms with van der Waals surface area (Å²) >= 11 is 0. The van der Waals surface area contributed by atoms with Crippen molar-refractivity contribution in [3.8, 4) is 23.6 Å². The third kappa shape index (κ3) is 1.78. The SMILES string of the molecule is C#Cc1ccc(-c2cccc(F)c2F)nc1. The van der Waals surface area contributed by atoms with E-state index < -0.39 is 11.6 Å². The highest BCUT2D eigenvalue weighted by Crippen LogP contribution is 2.22. The van der Waals surface area contributed by atoms with Crippen LogP contribution in [0.4, 0.5) is 8.78 Å². The standard InChI is InChI=1S/C13H7F2N/c1-2-9-6-7-12(16-8-9)10-4-3-5-11(14)13(10)15/h1,3-8H. The van der Waals surface area contributed by atoms with E-state index in [2.05, 4.69) is 10.9 Å². The molecule has 0 N–H and O–H groups in total. The van der Waals surface area contributed by atoms with Crippen LogP contribution in [0.1, 0.15) is 5.56 Å². The fraction of sp³-hybridized carbons (Fsp3) is 0. The van der Waals surface area contributed by atoms with E-state index in [0.29, 0.717) is 11.3 Å². The molecule has 78 valence electrons. The Kier molecular flexibility index (Phi) is 2.65. The first-order valence-corrected chi connectivity index (χ1v) is 4.59. The molecule has 0 unspecified atom stereocenters. The number of nitrogens with zero attached hydrogens (tertiary/aromatic N) is 1. The minimum absolute atomic E-state index is 0.128. The Morgan fingerprint density at radius 1 is 1.12 bits per heavy atom. The number of hydrogen-bond donors (Lipinski definition) is 0. The topological polar surface area (TPSA) is 12.9 Å². The first-order valence-electron chi connectivity index (χ1n) is 4.59.